The van der Waals surface area contributed by atoms with Gasteiger partial charge in [-0.15, -0.1) is 12.4 Å². The summed E-state index contributed by atoms with van der Waals surface area (Å²) < 4.78 is 5.32. The molecule has 20 heavy (non-hydrogen) atoms. The van der Waals surface area contributed by atoms with Gasteiger partial charge in [0.2, 0.25) is 5.91 Å². The van der Waals surface area contributed by atoms with Crippen molar-refractivity contribution in [1.29, 1.82) is 0 Å². The Kier molecular flexibility index (Phi) is 5.79. The molecule has 1 aromatic rings. The van der Waals surface area contributed by atoms with E-state index in [0.717, 1.165) is 0 Å². The number of hydrogen-bond donors (Lipinski definition) is 2. The van der Waals surface area contributed by atoms with E-state index in [4.69, 9.17) is 4.74 Å². The number of rotatable bonds is 4. The van der Waals surface area contributed by atoms with Crippen LogP contribution < -0.4 is 20.3 Å². The van der Waals surface area contributed by atoms with Crippen LogP contribution in [0.15, 0.2) is 18.2 Å². The molecule has 0 unspecified atom stereocenters. The van der Waals surface area contributed by atoms with E-state index in [2.05, 4.69) is 10.6 Å². The SMILES string of the molecule is CNCCC(=O)Nc1ccc2c(c1)N(C)C(=O)CO2.Cl. The Bertz CT molecular complexity index is 508. The van der Waals surface area contributed by atoms with E-state index < -0.39 is 0 Å². The highest BCUT2D eigenvalue weighted by Crippen LogP contribution is 2.33. The van der Waals surface area contributed by atoms with Crippen molar-refractivity contribution in [2.75, 3.05) is 37.5 Å². The summed E-state index contributed by atoms with van der Waals surface area (Å²) in [5.41, 5.74) is 1.33. The third-order valence-corrected chi connectivity index (χ3v) is 2.93. The largest absolute Gasteiger partial charge is 0.482 e. The molecule has 0 saturated heterocycles. The van der Waals surface area contributed by atoms with Gasteiger partial charge < -0.3 is 20.3 Å². The molecule has 0 bridgehead atoms. The standard InChI is InChI=1S/C13H17N3O3.ClH/c1-14-6-5-12(17)15-9-3-4-11-10(7-9)16(2)13(18)8-19-11;/h3-4,7,14H,5-6,8H2,1-2H3,(H,15,17);1H. The number of fused-ring (bicyclic) bond motifs is 1. The van der Waals surface area contributed by atoms with Crippen LogP contribution in [0.1, 0.15) is 6.42 Å². The molecule has 0 spiro atoms. The fourth-order valence-electron chi connectivity index (χ4n) is 1.81. The average Bonchev–Trinajstić information content (AvgIpc) is 2.41. The lowest BCUT2D eigenvalue weighted by Crippen LogP contribution is -2.35. The van der Waals surface area contributed by atoms with Crippen molar-refractivity contribution in [2.45, 2.75) is 6.42 Å². The number of carbonyl (C=O) groups excluding carboxylic acids is 2. The number of amides is 2. The molecule has 1 heterocycles. The van der Waals surface area contributed by atoms with Crippen LogP contribution in [-0.4, -0.2) is 39.1 Å². The van der Waals surface area contributed by atoms with Gasteiger partial charge in [0, 0.05) is 25.7 Å². The minimum atomic E-state index is -0.105. The summed E-state index contributed by atoms with van der Waals surface area (Å²) in [6.07, 6.45) is 0.402. The highest BCUT2D eigenvalue weighted by molar-refractivity contribution is 5.99. The predicted octanol–water partition coefficient (Wildman–Crippen LogP) is 1.01. The molecule has 7 heteroatoms. The van der Waals surface area contributed by atoms with Crippen molar-refractivity contribution in [2.24, 2.45) is 0 Å². The van der Waals surface area contributed by atoms with E-state index in [1.165, 1.54) is 4.90 Å². The first-order valence-corrected chi connectivity index (χ1v) is 6.09. The normalized spacial score (nSPS) is 13.1. The number of nitrogens with zero attached hydrogens (tertiary/aromatic N) is 1. The Morgan fingerprint density at radius 2 is 2.20 bits per heavy atom. The molecule has 2 N–H and O–H groups in total. The average molecular weight is 300 g/mol. The summed E-state index contributed by atoms with van der Waals surface area (Å²) >= 11 is 0. The number of nitrogens with one attached hydrogen (secondary N) is 2. The second-order valence-electron chi connectivity index (χ2n) is 4.33. The van der Waals surface area contributed by atoms with Gasteiger partial charge in [-0.05, 0) is 25.2 Å². The number of ether oxygens (including phenoxy) is 1. The molecule has 0 aliphatic carbocycles. The van der Waals surface area contributed by atoms with E-state index >= 15 is 0 Å². The zero-order valence-electron chi connectivity index (χ0n) is 11.4. The summed E-state index contributed by atoms with van der Waals surface area (Å²) in [4.78, 5) is 24.7. The molecule has 1 aliphatic heterocycles. The Morgan fingerprint density at radius 3 is 2.90 bits per heavy atom. The van der Waals surface area contributed by atoms with Crippen molar-refractivity contribution in [3.63, 3.8) is 0 Å². The number of likely N-dealkylation sites (N-methyl/N-ethyl adjacent to an activating group) is 1. The maximum atomic E-state index is 11.6. The smallest absolute Gasteiger partial charge is 0.264 e. The lowest BCUT2D eigenvalue weighted by molar-refractivity contribution is -0.121. The van der Waals surface area contributed by atoms with Gasteiger partial charge in [-0.1, -0.05) is 0 Å². The van der Waals surface area contributed by atoms with Gasteiger partial charge in [-0.3, -0.25) is 9.59 Å². The second-order valence-corrected chi connectivity index (χ2v) is 4.33. The van der Waals surface area contributed by atoms with Crippen molar-refractivity contribution < 1.29 is 14.3 Å². The fourth-order valence-corrected chi connectivity index (χ4v) is 1.81. The molecule has 110 valence electrons. The summed E-state index contributed by atoms with van der Waals surface area (Å²) in [5, 5.41) is 5.70. The van der Waals surface area contributed by atoms with Crippen LogP contribution in [0.3, 0.4) is 0 Å². The number of benzene rings is 1. The lowest BCUT2D eigenvalue weighted by Gasteiger charge is -2.26. The van der Waals surface area contributed by atoms with Gasteiger partial charge in [-0.2, -0.15) is 0 Å². The van der Waals surface area contributed by atoms with Gasteiger partial charge in [0.15, 0.2) is 6.61 Å². The highest BCUT2D eigenvalue weighted by atomic mass is 35.5. The van der Waals surface area contributed by atoms with E-state index in [1.807, 2.05) is 0 Å². The van der Waals surface area contributed by atoms with Crippen LogP contribution in [0.4, 0.5) is 11.4 Å². The Morgan fingerprint density at radius 1 is 1.45 bits per heavy atom. The zero-order valence-corrected chi connectivity index (χ0v) is 12.3. The molecule has 0 aromatic heterocycles. The molecule has 1 aromatic carbocycles. The zero-order chi connectivity index (χ0) is 13.8. The first-order chi connectivity index (χ1) is 9.11. The van der Waals surface area contributed by atoms with Crippen molar-refractivity contribution >= 4 is 35.6 Å². The van der Waals surface area contributed by atoms with Gasteiger partial charge in [0.25, 0.3) is 5.91 Å². The molecule has 2 rings (SSSR count). The molecule has 0 radical (unpaired) electrons. The topological polar surface area (TPSA) is 70.7 Å². The molecular formula is C13H18ClN3O3. The lowest BCUT2D eigenvalue weighted by atomic mass is 10.2. The maximum Gasteiger partial charge on any atom is 0.264 e. The molecule has 6 nitrogen and oxygen atoms in total. The third-order valence-electron chi connectivity index (χ3n) is 2.93. The molecule has 0 fully saturated rings. The Labute approximate surface area is 123 Å². The van der Waals surface area contributed by atoms with Crippen molar-refractivity contribution in [3.8, 4) is 5.75 Å². The quantitative estimate of drug-likeness (QED) is 0.870. The van der Waals surface area contributed by atoms with Crippen LogP contribution >= 0.6 is 12.4 Å². The minimum Gasteiger partial charge on any atom is -0.482 e. The third kappa shape index (κ3) is 3.61. The van der Waals surface area contributed by atoms with Crippen LogP contribution in [-0.2, 0) is 9.59 Å². The molecule has 0 saturated carbocycles. The second kappa shape index (κ2) is 7.12. The Hall–Kier alpha value is -1.79. The first-order valence-electron chi connectivity index (χ1n) is 6.09. The van der Waals surface area contributed by atoms with E-state index in [1.54, 1.807) is 32.3 Å². The number of hydrogen-bond acceptors (Lipinski definition) is 4. The first kappa shape index (κ1) is 16.3. The van der Waals surface area contributed by atoms with Crippen molar-refractivity contribution in [3.05, 3.63) is 18.2 Å². The highest BCUT2D eigenvalue weighted by Gasteiger charge is 2.22. The van der Waals surface area contributed by atoms with Gasteiger partial charge in [0.05, 0.1) is 5.69 Å². The molecule has 0 atom stereocenters. The fraction of sp³-hybridized carbons (Fsp3) is 0.385. The summed E-state index contributed by atoms with van der Waals surface area (Å²) in [7, 11) is 3.49. The Balaban J connectivity index is 0.00000200. The number of carbonyl (C=O) groups is 2. The van der Waals surface area contributed by atoms with Crippen molar-refractivity contribution in [1.82, 2.24) is 5.32 Å². The van der Waals surface area contributed by atoms with E-state index in [0.29, 0.717) is 30.1 Å². The number of anilines is 2. The summed E-state index contributed by atoms with van der Waals surface area (Å²) in [5.74, 6) is 0.474. The van der Waals surface area contributed by atoms with Gasteiger partial charge >= 0.3 is 0 Å². The molecular weight excluding hydrogens is 282 g/mol. The van der Waals surface area contributed by atoms with Gasteiger partial charge in [-0.25, -0.2) is 0 Å². The number of halogens is 1. The van der Waals surface area contributed by atoms with E-state index in [9.17, 15) is 9.59 Å². The van der Waals surface area contributed by atoms with E-state index in [-0.39, 0.29) is 30.8 Å². The predicted molar refractivity (Wildman–Crippen MR) is 79.8 cm³/mol. The summed E-state index contributed by atoms with van der Waals surface area (Å²) in [6.45, 7) is 0.676. The van der Waals surface area contributed by atoms with Crippen LogP contribution in [0.5, 0.6) is 5.75 Å². The minimum absolute atomic E-state index is 0. The molecule has 1 aliphatic rings. The monoisotopic (exact) mass is 299 g/mol. The molecule has 2 amide bonds. The van der Waals surface area contributed by atoms with Crippen LogP contribution in [0.2, 0.25) is 0 Å². The maximum absolute atomic E-state index is 11.6. The summed E-state index contributed by atoms with van der Waals surface area (Å²) in [6, 6.07) is 5.26. The van der Waals surface area contributed by atoms with Crippen LogP contribution in [0.25, 0.3) is 0 Å². The van der Waals surface area contributed by atoms with Crippen LogP contribution in [0, 0.1) is 0 Å². The van der Waals surface area contributed by atoms with Gasteiger partial charge in [0.1, 0.15) is 5.75 Å².